The van der Waals surface area contributed by atoms with Crippen LogP contribution in [0, 0.1) is 6.92 Å². The summed E-state index contributed by atoms with van der Waals surface area (Å²) in [7, 11) is 0. The van der Waals surface area contributed by atoms with E-state index in [9.17, 15) is 19.8 Å². The molecule has 1 unspecified atom stereocenters. The van der Waals surface area contributed by atoms with Crippen molar-refractivity contribution in [2.75, 3.05) is 11.5 Å². The van der Waals surface area contributed by atoms with Gasteiger partial charge in [-0.3, -0.25) is 14.5 Å². The fourth-order valence-electron chi connectivity index (χ4n) is 4.27. The van der Waals surface area contributed by atoms with E-state index in [1.165, 1.54) is 17.0 Å². The number of ether oxygens (including phenoxy) is 1. The summed E-state index contributed by atoms with van der Waals surface area (Å²) in [5.41, 5.74) is 3.60. The molecule has 0 spiro atoms. The number of hydrogen-bond donors (Lipinski definition) is 2. The maximum absolute atomic E-state index is 13.2. The average molecular weight is 427 g/mol. The number of benzene rings is 3. The zero-order chi connectivity index (χ0) is 22.4. The van der Waals surface area contributed by atoms with Crippen molar-refractivity contribution in [3.8, 4) is 11.5 Å². The molecule has 3 aromatic rings. The number of phenols is 1. The Morgan fingerprint density at radius 1 is 1.00 bits per heavy atom. The number of phenolic OH excluding ortho intramolecular Hbond substituents is 1. The number of amides is 1. The normalized spacial score (nSPS) is 19.2. The minimum atomic E-state index is -0.831. The number of carbonyl (C=O) groups excluding carboxylic acids is 2. The van der Waals surface area contributed by atoms with Gasteiger partial charge in [0.15, 0.2) is 0 Å². The molecule has 2 N–H and O–H groups in total. The fraction of sp³-hybridized carbons (Fsp3) is 0.154. The number of carbonyl (C=O) groups is 2. The van der Waals surface area contributed by atoms with Gasteiger partial charge < -0.3 is 14.9 Å². The van der Waals surface area contributed by atoms with Crippen molar-refractivity contribution in [2.45, 2.75) is 19.4 Å². The van der Waals surface area contributed by atoms with Crippen LogP contribution in [0.3, 0.4) is 0 Å². The SMILES string of the molecule is Cc1ccc(N2C(=O)C(=O)/C(=C(\O)c3ccc4c(c3)CCO4)C2c2ccc(O)cc2)cc1. The molecule has 0 saturated carbocycles. The summed E-state index contributed by atoms with van der Waals surface area (Å²) in [4.78, 5) is 27.7. The predicted molar refractivity (Wildman–Crippen MR) is 120 cm³/mol. The van der Waals surface area contributed by atoms with Gasteiger partial charge in [0.2, 0.25) is 0 Å². The largest absolute Gasteiger partial charge is 0.508 e. The number of aryl methyl sites for hydroxylation is 1. The molecule has 0 radical (unpaired) electrons. The monoisotopic (exact) mass is 427 g/mol. The number of aromatic hydroxyl groups is 1. The lowest BCUT2D eigenvalue weighted by Gasteiger charge is -2.25. The Labute approximate surface area is 185 Å². The van der Waals surface area contributed by atoms with Crippen LogP contribution in [-0.4, -0.2) is 28.5 Å². The van der Waals surface area contributed by atoms with E-state index in [-0.39, 0.29) is 17.1 Å². The molecule has 5 rings (SSSR count). The molecule has 2 aliphatic heterocycles. The Morgan fingerprint density at radius 2 is 1.72 bits per heavy atom. The van der Waals surface area contributed by atoms with E-state index in [1.54, 1.807) is 42.5 Å². The molecule has 1 saturated heterocycles. The van der Waals surface area contributed by atoms with Crippen LogP contribution in [0.15, 0.2) is 72.3 Å². The Bertz CT molecular complexity index is 1260. The first kappa shape index (κ1) is 19.9. The van der Waals surface area contributed by atoms with Gasteiger partial charge in [-0.05, 0) is 60.5 Å². The molecular formula is C26H21NO5. The number of ketones is 1. The second-order valence-corrected chi connectivity index (χ2v) is 8.02. The summed E-state index contributed by atoms with van der Waals surface area (Å²) in [5.74, 6) is -0.863. The third-order valence-corrected chi connectivity index (χ3v) is 5.93. The number of nitrogens with zero attached hydrogens (tertiary/aromatic N) is 1. The van der Waals surface area contributed by atoms with Crippen molar-refractivity contribution in [1.29, 1.82) is 0 Å². The van der Waals surface area contributed by atoms with Crippen molar-refractivity contribution >= 4 is 23.1 Å². The van der Waals surface area contributed by atoms with Gasteiger partial charge in [0.25, 0.3) is 11.7 Å². The minimum Gasteiger partial charge on any atom is -0.508 e. The van der Waals surface area contributed by atoms with Crippen molar-refractivity contribution in [3.05, 3.63) is 94.6 Å². The molecule has 6 heteroatoms. The highest BCUT2D eigenvalue weighted by Gasteiger charge is 2.47. The molecule has 0 bridgehead atoms. The molecule has 1 fully saturated rings. The summed E-state index contributed by atoms with van der Waals surface area (Å²) in [5, 5.41) is 21.0. The first-order chi connectivity index (χ1) is 15.4. The number of aliphatic hydroxyl groups excluding tert-OH is 1. The van der Waals surface area contributed by atoms with Crippen LogP contribution in [0.2, 0.25) is 0 Å². The highest BCUT2D eigenvalue weighted by molar-refractivity contribution is 6.51. The van der Waals surface area contributed by atoms with Gasteiger partial charge in [0.1, 0.15) is 17.3 Å². The maximum Gasteiger partial charge on any atom is 0.300 e. The molecule has 0 aliphatic carbocycles. The van der Waals surface area contributed by atoms with E-state index >= 15 is 0 Å². The van der Waals surface area contributed by atoms with E-state index < -0.39 is 17.7 Å². The highest BCUT2D eigenvalue weighted by Crippen LogP contribution is 2.43. The van der Waals surface area contributed by atoms with Crippen molar-refractivity contribution in [3.63, 3.8) is 0 Å². The minimum absolute atomic E-state index is 0.0140. The number of Topliss-reactive ketones (excluding diaryl/α,β-unsaturated/α-hetero) is 1. The molecule has 2 heterocycles. The van der Waals surface area contributed by atoms with Crippen molar-refractivity contribution in [2.24, 2.45) is 0 Å². The van der Waals surface area contributed by atoms with Crippen LogP contribution >= 0.6 is 0 Å². The van der Waals surface area contributed by atoms with E-state index in [2.05, 4.69) is 0 Å². The number of hydrogen-bond acceptors (Lipinski definition) is 5. The second-order valence-electron chi connectivity index (χ2n) is 8.02. The van der Waals surface area contributed by atoms with E-state index in [1.807, 2.05) is 19.1 Å². The van der Waals surface area contributed by atoms with Gasteiger partial charge in [0, 0.05) is 17.7 Å². The van der Waals surface area contributed by atoms with Gasteiger partial charge in [0.05, 0.1) is 18.2 Å². The van der Waals surface area contributed by atoms with Crippen LogP contribution < -0.4 is 9.64 Å². The van der Waals surface area contributed by atoms with E-state index in [0.717, 1.165) is 23.3 Å². The number of anilines is 1. The summed E-state index contributed by atoms with van der Waals surface area (Å²) in [6.07, 6.45) is 0.718. The molecular weight excluding hydrogens is 406 g/mol. The van der Waals surface area contributed by atoms with Gasteiger partial charge in [-0.25, -0.2) is 0 Å². The van der Waals surface area contributed by atoms with Crippen LogP contribution in [-0.2, 0) is 16.0 Å². The van der Waals surface area contributed by atoms with Crippen molar-refractivity contribution < 1.29 is 24.5 Å². The molecule has 160 valence electrons. The Hall–Kier alpha value is -4.06. The smallest absolute Gasteiger partial charge is 0.300 e. The molecule has 0 aromatic heterocycles. The number of fused-ring (bicyclic) bond motifs is 1. The first-order valence-electron chi connectivity index (χ1n) is 10.4. The van der Waals surface area contributed by atoms with E-state index in [4.69, 9.17) is 4.74 Å². The zero-order valence-electron chi connectivity index (χ0n) is 17.4. The summed E-state index contributed by atoms with van der Waals surface area (Å²) < 4.78 is 5.53. The van der Waals surface area contributed by atoms with Gasteiger partial charge in [-0.2, -0.15) is 0 Å². The summed E-state index contributed by atoms with van der Waals surface area (Å²) in [6.45, 7) is 2.51. The van der Waals surface area contributed by atoms with Crippen LogP contribution in [0.4, 0.5) is 5.69 Å². The summed E-state index contributed by atoms with van der Waals surface area (Å²) in [6, 6.07) is 18.0. The zero-order valence-corrected chi connectivity index (χ0v) is 17.4. The average Bonchev–Trinajstić information content (AvgIpc) is 3.37. The third-order valence-electron chi connectivity index (χ3n) is 5.93. The van der Waals surface area contributed by atoms with Crippen LogP contribution in [0.1, 0.15) is 28.3 Å². The lowest BCUT2D eigenvalue weighted by Crippen LogP contribution is -2.29. The lowest BCUT2D eigenvalue weighted by atomic mass is 9.94. The van der Waals surface area contributed by atoms with E-state index in [0.29, 0.717) is 23.4 Å². The number of aliphatic hydroxyl groups is 1. The Balaban J connectivity index is 1.70. The predicted octanol–water partition coefficient (Wildman–Crippen LogP) is 4.26. The highest BCUT2D eigenvalue weighted by atomic mass is 16.5. The molecule has 32 heavy (non-hydrogen) atoms. The standard InChI is InChI=1S/C26H21NO5/c1-15-2-7-19(8-3-15)27-23(16-4-9-20(28)10-5-16)22(25(30)26(27)31)24(29)18-6-11-21-17(14-18)12-13-32-21/h2-11,14,23,28-29H,12-13H2,1H3/b24-22-. The lowest BCUT2D eigenvalue weighted by molar-refractivity contribution is -0.132. The Morgan fingerprint density at radius 3 is 2.44 bits per heavy atom. The number of rotatable bonds is 3. The Kier molecular flexibility index (Phi) is 4.70. The summed E-state index contributed by atoms with van der Waals surface area (Å²) >= 11 is 0. The maximum atomic E-state index is 13.2. The topological polar surface area (TPSA) is 87.1 Å². The van der Waals surface area contributed by atoms with Gasteiger partial charge in [-0.1, -0.05) is 29.8 Å². The van der Waals surface area contributed by atoms with Gasteiger partial charge in [-0.15, -0.1) is 0 Å². The first-order valence-corrected chi connectivity index (χ1v) is 10.4. The molecule has 6 nitrogen and oxygen atoms in total. The molecule has 3 aromatic carbocycles. The van der Waals surface area contributed by atoms with Crippen LogP contribution in [0.5, 0.6) is 11.5 Å². The quantitative estimate of drug-likeness (QED) is 0.371. The van der Waals surface area contributed by atoms with Gasteiger partial charge >= 0.3 is 0 Å². The van der Waals surface area contributed by atoms with Crippen molar-refractivity contribution in [1.82, 2.24) is 0 Å². The molecule has 1 amide bonds. The van der Waals surface area contributed by atoms with Crippen LogP contribution in [0.25, 0.3) is 5.76 Å². The molecule has 2 aliphatic rings. The second kappa shape index (κ2) is 7.57. The molecule has 1 atom stereocenters. The fourth-order valence-corrected chi connectivity index (χ4v) is 4.27. The third kappa shape index (κ3) is 3.21.